The van der Waals surface area contributed by atoms with E-state index < -0.39 is 97.5 Å². The van der Waals surface area contributed by atoms with Crippen LogP contribution in [-0.4, -0.2) is 96.7 Å². The van der Waals surface area contributed by atoms with E-state index in [1.807, 2.05) is 0 Å². The summed E-state index contributed by atoms with van der Waals surface area (Å²) >= 11 is 0. The molecule has 0 aromatic carbocycles. The maximum Gasteiger partial charge on any atom is 0.472 e. The number of hydrogen-bond acceptors (Lipinski definition) is 15. The van der Waals surface area contributed by atoms with E-state index in [1.165, 1.54) is 141 Å². The van der Waals surface area contributed by atoms with Crippen LogP contribution in [0.2, 0.25) is 0 Å². The fraction of sp³-hybridized carbons (Fsp3) is 0.939. The van der Waals surface area contributed by atoms with E-state index in [1.54, 1.807) is 0 Å². The summed E-state index contributed by atoms with van der Waals surface area (Å²) in [4.78, 5) is 72.1. The molecule has 0 rings (SSSR count). The van der Waals surface area contributed by atoms with Gasteiger partial charge in [0.15, 0.2) is 12.2 Å². The first kappa shape index (κ1) is 83.1. The highest BCUT2D eigenvalue weighted by Crippen LogP contribution is 2.45. The minimum Gasteiger partial charge on any atom is -0.462 e. The Morgan fingerprint density at radius 3 is 0.800 bits per heavy atom. The van der Waals surface area contributed by atoms with Crippen molar-refractivity contribution >= 4 is 39.5 Å². The minimum atomic E-state index is -4.95. The van der Waals surface area contributed by atoms with Crippen molar-refractivity contribution in [2.24, 2.45) is 5.92 Å². The van der Waals surface area contributed by atoms with E-state index in [0.29, 0.717) is 25.7 Å². The Balaban J connectivity index is 5.17. The maximum absolute atomic E-state index is 13.0. The molecule has 19 heteroatoms. The van der Waals surface area contributed by atoms with Gasteiger partial charge in [-0.1, -0.05) is 285 Å². The quantitative estimate of drug-likeness (QED) is 0.0222. The molecule has 0 radical (unpaired) electrons. The highest BCUT2D eigenvalue weighted by atomic mass is 31.2. The van der Waals surface area contributed by atoms with Crippen molar-refractivity contribution in [3.63, 3.8) is 0 Å². The molecule has 0 aliphatic carbocycles. The third-order valence-corrected chi connectivity index (χ3v) is 17.2. The van der Waals surface area contributed by atoms with Crippen molar-refractivity contribution in [1.82, 2.24) is 0 Å². The van der Waals surface area contributed by atoms with E-state index in [2.05, 4.69) is 34.6 Å². The topological polar surface area (TPSA) is 237 Å². The van der Waals surface area contributed by atoms with E-state index in [9.17, 15) is 43.2 Å². The standard InChI is InChI=1S/C66H128O17P2/c1-6-9-12-15-18-20-21-22-23-24-25-26-27-32-37-42-47-52-66(71)83-62(56-77-64(69)50-45-40-36-31-29-28-30-34-38-43-48-59(4)5)58-81-85(74,75)79-54-60(67)53-78-84(72,73)80-57-61(55-76-63(68)49-44-39-33-17-14-11-8-3)82-65(70)51-46-41-35-19-16-13-10-7-2/h59-62,67H,6-58H2,1-5H3,(H,72,73)(H,74,75)/t60-,61+,62+/m0/s1. The summed E-state index contributed by atoms with van der Waals surface area (Å²) in [5.41, 5.74) is 0. The molecule has 0 heterocycles. The number of carbonyl (C=O) groups excluding carboxylic acids is 4. The molecular weight excluding hydrogens is 1130 g/mol. The van der Waals surface area contributed by atoms with Crippen LogP contribution in [0, 0.1) is 5.92 Å². The summed E-state index contributed by atoms with van der Waals surface area (Å²) < 4.78 is 67.9. The van der Waals surface area contributed by atoms with Gasteiger partial charge in [0.1, 0.15) is 19.3 Å². The third-order valence-electron chi connectivity index (χ3n) is 15.3. The number of rotatable bonds is 66. The lowest BCUT2D eigenvalue weighted by Gasteiger charge is -2.21. The summed E-state index contributed by atoms with van der Waals surface area (Å²) in [6, 6.07) is 0. The van der Waals surface area contributed by atoms with Crippen LogP contribution in [0.25, 0.3) is 0 Å². The van der Waals surface area contributed by atoms with Crippen molar-refractivity contribution in [1.29, 1.82) is 0 Å². The zero-order valence-electron chi connectivity index (χ0n) is 54.7. The fourth-order valence-corrected chi connectivity index (χ4v) is 11.5. The molecule has 0 aliphatic heterocycles. The van der Waals surface area contributed by atoms with E-state index in [4.69, 9.17) is 37.0 Å². The summed E-state index contributed by atoms with van der Waals surface area (Å²) in [5, 5.41) is 10.5. The van der Waals surface area contributed by atoms with Gasteiger partial charge in [-0.25, -0.2) is 9.13 Å². The molecule has 0 aromatic heterocycles. The SMILES string of the molecule is CCCCCCCCCCCCCCCCCCCC(=O)O[C@H](COC(=O)CCCCCCCCCCCCC(C)C)COP(=O)(O)OC[C@@H](O)COP(=O)(O)OC[C@@H](COC(=O)CCCCCCCCC)OC(=O)CCCCCCCCCC. The number of unbranched alkanes of at least 4 members (excludes halogenated alkanes) is 38. The molecule has 0 aromatic rings. The molecule has 5 atom stereocenters. The van der Waals surface area contributed by atoms with Crippen LogP contribution < -0.4 is 0 Å². The number of hydrogen-bond donors (Lipinski definition) is 3. The van der Waals surface area contributed by atoms with Crippen LogP contribution in [0.4, 0.5) is 0 Å². The molecular formula is C66H128O17P2. The Morgan fingerprint density at radius 1 is 0.318 bits per heavy atom. The van der Waals surface area contributed by atoms with Gasteiger partial charge in [0, 0.05) is 25.7 Å². The molecule has 504 valence electrons. The van der Waals surface area contributed by atoms with Gasteiger partial charge in [0.25, 0.3) is 0 Å². The molecule has 0 aliphatic rings. The van der Waals surface area contributed by atoms with E-state index in [-0.39, 0.29) is 25.7 Å². The lowest BCUT2D eigenvalue weighted by molar-refractivity contribution is -0.161. The lowest BCUT2D eigenvalue weighted by atomic mass is 10.0. The predicted octanol–water partition coefficient (Wildman–Crippen LogP) is 18.6. The number of phosphoric ester groups is 2. The van der Waals surface area contributed by atoms with E-state index in [0.717, 1.165) is 115 Å². The second-order valence-electron chi connectivity index (χ2n) is 24.3. The number of esters is 4. The molecule has 0 spiro atoms. The van der Waals surface area contributed by atoms with Crippen molar-refractivity contribution in [3.8, 4) is 0 Å². The van der Waals surface area contributed by atoms with Crippen LogP contribution in [-0.2, 0) is 65.4 Å². The molecule has 0 bridgehead atoms. The number of carbonyl (C=O) groups is 4. The van der Waals surface area contributed by atoms with Gasteiger partial charge >= 0.3 is 39.5 Å². The maximum atomic E-state index is 13.0. The first-order chi connectivity index (χ1) is 41.0. The van der Waals surface area contributed by atoms with Crippen LogP contribution in [0.5, 0.6) is 0 Å². The average molecular weight is 1260 g/mol. The van der Waals surface area contributed by atoms with Crippen LogP contribution in [0.1, 0.15) is 336 Å². The largest absolute Gasteiger partial charge is 0.472 e. The first-order valence-corrected chi connectivity index (χ1v) is 37.6. The molecule has 0 amide bonds. The molecule has 3 N–H and O–H groups in total. The Kier molecular flexibility index (Phi) is 58.3. The van der Waals surface area contributed by atoms with Gasteiger partial charge in [-0.05, 0) is 31.6 Å². The summed E-state index contributed by atoms with van der Waals surface area (Å²) in [6.45, 7) is 7.14. The highest BCUT2D eigenvalue weighted by molar-refractivity contribution is 7.47. The Morgan fingerprint density at radius 2 is 0.541 bits per heavy atom. The Bertz CT molecular complexity index is 1650. The smallest absolute Gasteiger partial charge is 0.462 e. The van der Waals surface area contributed by atoms with Gasteiger partial charge in [-0.2, -0.15) is 0 Å². The lowest BCUT2D eigenvalue weighted by Crippen LogP contribution is -2.30. The Hall–Kier alpha value is -1.94. The van der Waals surface area contributed by atoms with Gasteiger partial charge in [-0.15, -0.1) is 0 Å². The van der Waals surface area contributed by atoms with Crippen molar-refractivity contribution < 1.29 is 80.2 Å². The van der Waals surface area contributed by atoms with Crippen molar-refractivity contribution in [3.05, 3.63) is 0 Å². The van der Waals surface area contributed by atoms with Gasteiger partial charge in [0.2, 0.25) is 0 Å². The summed E-state index contributed by atoms with van der Waals surface area (Å²) in [5.74, 6) is -1.38. The normalized spacial score (nSPS) is 14.2. The average Bonchev–Trinajstić information content (AvgIpc) is 3.62. The first-order valence-electron chi connectivity index (χ1n) is 34.6. The van der Waals surface area contributed by atoms with Crippen LogP contribution in [0.15, 0.2) is 0 Å². The van der Waals surface area contributed by atoms with Gasteiger partial charge < -0.3 is 33.8 Å². The summed E-state index contributed by atoms with van der Waals surface area (Å²) in [7, 11) is -9.88. The van der Waals surface area contributed by atoms with E-state index >= 15 is 0 Å². The molecule has 0 saturated heterocycles. The second-order valence-corrected chi connectivity index (χ2v) is 27.2. The second kappa shape index (κ2) is 59.7. The molecule has 17 nitrogen and oxygen atoms in total. The predicted molar refractivity (Wildman–Crippen MR) is 340 cm³/mol. The number of phosphoric acid groups is 2. The highest BCUT2D eigenvalue weighted by Gasteiger charge is 2.30. The fourth-order valence-electron chi connectivity index (χ4n) is 9.94. The molecule has 0 fully saturated rings. The molecule has 0 saturated carbocycles. The van der Waals surface area contributed by atoms with Crippen LogP contribution in [0.3, 0.4) is 0 Å². The van der Waals surface area contributed by atoms with Crippen LogP contribution >= 0.6 is 15.6 Å². The summed E-state index contributed by atoms with van der Waals surface area (Å²) in [6.07, 6.45) is 44.6. The van der Waals surface area contributed by atoms with Crippen molar-refractivity contribution in [2.45, 2.75) is 355 Å². The zero-order chi connectivity index (χ0) is 62.8. The van der Waals surface area contributed by atoms with Gasteiger partial charge in [-0.3, -0.25) is 37.3 Å². The van der Waals surface area contributed by atoms with Crippen molar-refractivity contribution in [2.75, 3.05) is 39.6 Å². The number of aliphatic hydroxyl groups excluding tert-OH is 1. The van der Waals surface area contributed by atoms with Gasteiger partial charge in [0.05, 0.1) is 26.4 Å². The number of ether oxygens (including phenoxy) is 4. The zero-order valence-corrected chi connectivity index (χ0v) is 56.5. The molecule has 85 heavy (non-hydrogen) atoms. The molecule has 2 unspecified atom stereocenters. The monoisotopic (exact) mass is 1250 g/mol. The number of aliphatic hydroxyl groups is 1. The third kappa shape index (κ3) is 60.7. The minimum absolute atomic E-state index is 0.105. The Labute approximate surface area is 517 Å².